The Morgan fingerprint density at radius 2 is 2.00 bits per heavy atom. The molecule has 1 atom stereocenters. The van der Waals surface area contributed by atoms with Crippen LogP contribution in [-0.2, 0) is 9.59 Å². The van der Waals surface area contributed by atoms with E-state index in [0.29, 0.717) is 36.3 Å². The SMILES string of the molecule is CC(=O)N(CC(=O)N1CCCC(C)C1)c1ccc2c(c1)OCCO2. The third kappa shape index (κ3) is 3.63. The van der Waals surface area contributed by atoms with Crippen molar-refractivity contribution in [1.82, 2.24) is 4.90 Å². The second-order valence-electron chi connectivity index (χ2n) is 6.52. The van der Waals surface area contributed by atoms with E-state index in [0.717, 1.165) is 25.9 Å². The fourth-order valence-electron chi connectivity index (χ4n) is 3.24. The predicted octanol–water partition coefficient (Wildman–Crippen LogP) is 2.07. The Labute approximate surface area is 142 Å². The van der Waals surface area contributed by atoms with Gasteiger partial charge in [0, 0.05) is 31.8 Å². The van der Waals surface area contributed by atoms with Crippen LogP contribution in [0.5, 0.6) is 11.5 Å². The molecule has 2 aliphatic rings. The molecule has 1 unspecified atom stereocenters. The molecule has 2 amide bonds. The molecule has 1 aromatic carbocycles. The van der Waals surface area contributed by atoms with E-state index >= 15 is 0 Å². The highest BCUT2D eigenvalue weighted by Crippen LogP contribution is 2.34. The Kier molecular flexibility index (Phi) is 4.92. The maximum absolute atomic E-state index is 12.6. The van der Waals surface area contributed by atoms with Gasteiger partial charge in [-0.2, -0.15) is 0 Å². The molecule has 0 spiro atoms. The summed E-state index contributed by atoms with van der Waals surface area (Å²) in [7, 11) is 0. The lowest BCUT2D eigenvalue weighted by Gasteiger charge is -2.33. The molecule has 1 saturated heterocycles. The van der Waals surface area contributed by atoms with Crippen LogP contribution < -0.4 is 14.4 Å². The molecule has 3 rings (SSSR count). The van der Waals surface area contributed by atoms with E-state index in [1.807, 2.05) is 4.90 Å². The van der Waals surface area contributed by atoms with Gasteiger partial charge < -0.3 is 19.3 Å². The van der Waals surface area contributed by atoms with Crippen molar-refractivity contribution >= 4 is 17.5 Å². The number of hydrogen-bond donors (Lipinski definition) is 0. The van der Waals surface area contributed by atoms with Crippen LogP contribution in [0.1, 0.15) is 26.7 Å². The Morgan fingerprint density at radius 3 is 2.71 bits per heavy atom. The van der Waals surface area contributed by atoms with Crippen LogP contribution in [0.15, 0.2) is 18.2 Å². The largest absolute Gasteiger partial charge is 0.486 e. The fourth-order valence-corrected chi connectivity index (χ4v) is 3.24. The molecule has 2 heterocycles. The van der Waals surface area contributed by atoms with E-state index in [-0.39, 0.29) is 18.4 Å². The zero-order valence-electron chi connectivity index (χ0n) is 14.3. The Bertz CT molecular complexity index is 631. The first kappa shape index (κ1) is 16.6. The fraction of sp³-hybridized carbons (Fsp3) is 0.556. The summed E-state index contributed by atoms with van der Waals surface area (Å²) in [5.74, 6) is 1.63. The topological polar surface area (TPSA) is 59.1 Å². The third-order valence-electron chi connectivity index (χ3n) is 4.52. The number of ether oxygens (including phenoxy) is 2. The molecule has 1 fully saturated rings. The summed E-state index contributed by atoms with van der Waals surface area (Å²) in [5.41, 5.74) is 0.658. The minimum atomic E-state index is -0.162. The molecule has 0 radical (unpaired) electrons. The van der Waals surface area contributed by atoms with Gasteiger partial charge in [-0.25, -0.2) is 0 Å². The van der Waals surface area contributed by atoms with Crippen LogP contribution >= 0.6 is 0 Å². The molecule has 6 nitrogen and oxygen atoms in total. The van der Waals surface area contributed by atoms with E-state index in [4.69, 9.17) is 9.47 Å². The molecular weight excluding hydrogens is 308 g/mol. The summed E-state index contributed by atoms with van der Waals surface area (Å²) in [6.45, 7) is 6.24. The predicted molar refractivity (Wildman–Crippen MR) is 90.4 cm³/mol. The van der Waals surface area contributed by atoms with Gasteiger partial charge >= 0.3 is 0 Å². The smallest absolute Gasteiger partial charge is 0.242 e. The first-order chi connectivity index (χ1) is 11.5. The van der Waals surface area contributed by atoms with Crippen molar-refractivity contribution in [1.29, 1.82) is 0 Å². The number of hydrogen-bond acceptors (Lipinski definition) is 4. The summed E-state index contributed by atoms with van der Waals surface area (Å²) in [6, 6.07) is 5.34. The van der Waals surface area contributed by atoms with Crippen LogP contribution in [0.3, 0.4) is 0 Å². The first-order valence-corrected chi connectivity index (χ1v) is 8.50. The summed E-state index contributed by atoms with van der Waals surface area (Å²) < 4.78 is 11.1. The summed E-state index contributed by atoms with van der Waals surface area (Å²) in [5, 5.41) is 0. The van der Waals surface area contributed by atoms with Crippen molar-refractivity contribution in [2.24, 2.45) is 5.92 Å². The normalized spacial score (nSPS) is 19.8. The Balaban J connectivity index is 1.75. The zero-order valence-corrected chi connectivity index (χ0v) is 14.3. The quantitative estimate of drug-likeness (QED) is 0.850. The Morgan fingerprint density at radius 1 is 1.25 bits per heavy atom. The maximum atomic E-state index is 12.6. The number of benzene rings is 1. The van der Waals surface area contributed by atoms with Gasteiger partial charge in [0.05, 0.1) is 0 Å². The molecule has 0 bridgehead atoms. The number of carbonyl (C=O) groups is 2. The number of anilines is 1. The lowest BCUT2D eigenvalue weighted by molar-refractivity contribution is -0.132. The van der Waals surface area contributed by atoms with Gasteiger partial charge in [-0.05, 0) is 30.9 Å². The first-order valence-electron chi connectivity index (χ1n) is 8.50. The highest BCUT2D eigenvalue weighted by atomic mass is 16.6. The molecule has 24 heavy (non-hydrogen) atoms. The van der Waals surface area contributed by atoms with E-state index in [1.165, 1.54) is 11.8 Å². The standard InChI is InChI=1S/C18H24N2O4/c1-13-4-3-7-19(11-13)18(22)12-20(14(2)21)15-5-6-16-17(10-15)24-9-8-23-16/h5-6,10,13H,3-4,7-9,11-12H2,1-2H3. The van der Waals surface area contributed by atoms with Gasteiger partial charge in [-0.1, -0.05) is 6.92 Å². The number of carbonyl (C=O) groups excluding carboxylic acids is 2. The van der Waals surface area contributed by atoms with E-state index in [2.05, 4.69) is 6.92 Å². The molecule has 0 aliphatic carbocycles. The average Bonchev–Trinajstić information content (AvgIpc) is 2.58. The van der Waals surface area contributed by atoms with Crippen molar-refractivity contribution in [2.75, 3.05) is 37.7 Å². The molecule has 0 aromatic heterocycles. The van der Waals surface area contributed by atoms with Crippen molar-refractivity contribution in [3.05, 3.63) is 18.2 Å². The highest BCUT2D eigenvalue weighted by molar-refractivity contribution is 5.97. The lowest BCUT2D eigenvalue weighted by Crippen LogP contribution is -2.46. The molecule has 2 aliphatic heterocycles. The van der Waals surface area contributed by atoms with Crippen LogP contribution in [0.4, 0.5) is 5.69 Å². The van der Waals surface area contributed by atoms with Gasteiger partial charge in [-0.3, -0.25) is 9.59 Å². The van der Waals surface area contributed by atoms with Crippen LogP contribution in [0, 0.1) is 5.92 Å². The van der Waals surface area contributed by atoms with Gasteiger partial charge in [-0.15, -0.1) is 0 Å². The van der Waals surface area contributed by atoms with E-state index in [9.17, 15) is 9.59 Å². The maximum Gasteiger partial charge on any atom is 0.242 e. The zero-order chi connectivity index (χ0) is 17.1. The van der Waals surface area contributed by atoms with Crippen LogP contribution in [0.2, 0.25) is 0 Å². The number of likely N-dealkylation sites (tertiary alicyclic amines) is 1. The number of rotatable bonds is 3. The second-order valence-corrected chi connectivity index (χ2v) is 6.52. The second kappa shape index (κ2) is 7.11. The van der Waals surface area contributed by atoms with Crippen molar-refractivity contribution in [3.63, 3.8) is 0 Å². The van der Waals surface area contributed by atoms with Gasteiger partial charge in [0.25, 0.3) is 0 Å². The molecular formula is C18H24N2O4. The number of nitrogens with zero attached hydrogens (tertiary/aromatic N) is 2. The Hall–Kier alpha value is -2.24. The van der Waals surface area contributed by atoms with Crippen molar-refractivity contribution in [2.45, 2.75) is 26.7 Å². The summed E-state index contributed by atoms with van der Waals surface area (Å²) in [4.78, 5) is 28.0. The highest BCUT2D eigenvalue weighted by Gasteiger charge is 2.25. The van der Waals surface area contributed by atoms with Gasteiger partial charge in [0.1, 0.15) is 19.8 Å². The molecule has 1 aromatic rings. The molecule has 130 valence electrons. The third-order valence-corrected chi connectivity index (χ3v) is 4.52. The van der Waals surface area contributed by atoms with Crippen molar-refractivity contribution < 1.29 is 19.1 Å². The summed E-state index contributed by atoms with van der Waals surface area (Å²) in [6.07, 6.45) is 2.18. The van der Waals surface area contributed by atoms with Crippen LogP contribution in [0.25, 0.3) is 0 Å². The molecule has 0 saturated carbocycles. The number of piperidine rings is 1. The van der Waals surface area contributed by atoms with E-state index < -0.39 is 0 Å². The average molecular weight is 332 g/mol. The minimum Gasteiger partial charge on any atom is -0.486 e. The van der Waals surface area contributed by atoms with Crippen molar-refractivity contribution in [3.8, 4) is 11.5 Å². The van der Waals surface area contributed by atoms with E-state index in [1.54, 1.807) is 18.2 Å². The molecule has 0 N–H and O–H groups in total. The van der Waals surface area contributed by atoms with Gasteiger partial charge in [0.15, 0.2) is 11.5 Å². The lowest BCUT2D eigenvalue weighted by atomic mass is 10.0. The van der Waals surface area contributed by atoms with Crippen LogP contribution in [-0.4, -0.2) is 49.6 Å². The monoisotopic (exact) mass is 332 g/mol. The summed E-state index contributed by atoms with van der Waals surface area (Å²) >= 11 is 0. The minimum absolute atomic E-state index is 0.00774. The number of fused-ring (bicyclic) bond motifs is 1. The number of amides is 2. The molecule has 6 heteroatoms. The van der Waals surface area contributed by atoms with Gasteiger partial charge in [0.2, 0.25) is 11.8 Å².